The summed E-state index contributed by atoms with van der Waals surface area (Å²) in [5.74, 6) is -3.39. The Hall–Kier alpha value is -4.14. The molecular formula is C26H23N3O6. The van der Waals surface area contributed by atoms with Gasteiger partial charge in [0.15, 0.2) is 5.78 Å². The predicted molar refractivity (Wildman–Crippen MR) is 124 cm³/mol. The highest BCUT2D eigenvalue weighted by molar-refractivity contribution is 6.11. The van der Waals surface area contributed by atoms with E-state index in [1.807, 2.05) is 19.1 Å². The zero-order valence-corrected chi connectivity index (χ0v) is 19.2. The number of rotatable bonds is 6. The van der Waals surface area contributed by atoms with Gasteiger partial charge in [-0.1, -0.05) is 42.0 Å². The van der Waals surface area contributed by atoms with Crippen molar-refractivity contribution in [2.75, 3.05) is 0 Å². The summed E-state index contributed by atoms with van der Waals surface area (Å²) < 4.78 is 0. The van der Waals surface area contributed by atoms with Crippen molar-refractivity contribution in [2.45, 2.75) is 26.3 Å². The number of nitro groups is 1. The van der Waals surface area contributed by atoms with E-state index in [9.17, 15) is 29.3 Å². The quantitative estimate of drug-likeness (QED) is 0.209. The number of fused-ring (bicyclic) bond motifs is 5. The molecule has 2 aliphatic carbocycles. The van der Waals surface area contributed by atoms with Crippen LogP contribution in [0.1, 0.15) is 39.6 Å². The van der Waals surface area contributed by atoms with E-state index in [4.69, 9.17) is 0 Å². The Bertz CT molecular complexity index is 1250. The smallest absolute Gasteiger partial charge is 0.273 e. The van der Waals surface area contributed by atoms with Gasteiger partial charge in [-0.2, -0.15) is 5.01 Å². The van der Waals surface area contributed by atoms with Gasteiger partial charge in [-0.25, -0.2) is 5.01 Å². The third kappa shape index (κ3) is 3.54. The number of hydrogen-bond donors (Lipinski definition) is 0. The Balaban J connectivity index is 1.54. The van der Waals surface area contributed by atoms with Crippen molar-refractivity contribution < 1.29 is 24.1 Å². The molecule has 0 spiro atoms. The van der Waals surface area contributed by atoms with E-state index < -0.39 is 46.3 Å². The molecule has 2 aromatic carbocycles. The fourth-order valence-electron chi connectivity index (χ4n) is 5.47. The average Bonchev–Trinajstić information content (AvgIpc) is 3.54. The van der Waals surface area contributed by atoms with Crippen LogP contribution in [-0.2, 0) is 9.59 Å². The van der Waals surface area contributed by atoms with E-state index in [2.05, 4.69) is 0 Å². The second-order valence-corrected chi connectivity index (χ2v) is 9.35. The third-order valence-corrected chi connectivity index (χ3v) is 7.28. The van der Waals surface area contributed by atoms with Crippen molar-refractivity contribution in [1.82, 2.24) is 10.0 Å². The van der Waals surface area contributed by atoms with E-state index in [-0.39, 0.29) is 23.1 Å². The number of aryl methyl sites for hydroxylation is 1. The van der Waals surface area contributed by atoms with Crippen molar-refractivity contribution in [3.05, 3.63) is 87.5 Å². The highest BCUT2D eigenvalue weighted by atomic mass is 16.6. The van der Waals surface area contributed by atoms with Crippen LogP contribution in [0.2, 0.25) is 0 Å². The van der Waals surface area contributed by atoms with Gasteiger partial charge < -0.3 is 0 Å². The maximum absolute atomic E-state index is 13.7. The number of Topliss-reactive ketones (excluding diaryl/α,β-unsaturated/α-hetero) is 1. The van der Waals surface area contributed by atoms with Gasteiger partial charge in [-0.05, 0) is 44.2 Å². The number of hydrogen-bond acceptors (Lipinski definition) is 6. The summed E-state index contributed by atoms with van der Waals surface area (Å²) in [4.78, 5) is 64.5. The van der Waals surface area contributed by atoms with E-state index >= 15 is 0 Å². The second kappa shape index (κ2) is 8.26. The van der Waals surface area contributed by atoms with Gasteiger partial charge in [0, 0.05) is 23.3 Å². The molecule has 0 N–H and O–H groups in total. The van der Waals surface area contributed by atoms with Crippen molar-refractivity contribution in [3.8, 4) is 0 Å². The van der Waals surface area contributed by atoms with Crippen molar-refractivity contribution in [3.63, 3.8) is 0 Å². The Morgan fingerprint density at radius 2 is 1.46 bits per heavy atom. The number of hydrazine groups is 1. The zero-order chi connectivity index (χ0) is 25.0. The molecule has 1 heterocycles. The summed E-state index contributed by atoms with van der Waals surface area (Å²) in [5.41, 5.74) is 1.11. The SMILES string of the molecule is Cc1ccc(C(=O)[C@@H](C)N(C(=O)c2ccc([N+](=O)[O-])cc2)N2C(=O)[C@@H]3[C@H](C2=O)[C@H]2C=C[C@H]3C2)cc1. The number of ketones is 1. The summed E-state index contributed by atoms with van der Waals surface area (Å²) in [7, 11) is 0. The molecule has 2 fully saturated rings. The van der Waals surface area contributed by atoms with Gasteiger partial charge in [0.1, 0.15) is 6.04 Å². The number of carbonyl (C=O) groups excluding carboxylic acids is 4. The monoisotopic (exact) mass is 473 g/mol. The lowest BCUT2D eigenvalue weighted by Crippen LogP contribution is -2.56. The number of non-ortho nitro benzene ring substituents is 1. The molecule has 2 aromatic rings. The summed E-state index contributed by atoms with van der Waals surface area (Å²) in [6.45, 7) is 3.36. The van der Waals surface area contributed by atoms with Crippen LogP contribution in [0.15, 0.2) is 60.7 Å². The molecule has 2 bridgehead atoms. The van der Waals surface area contributed by atoms with E-state index in [0.717, 1.165) is 22.0 Å². The van der Waals surface area contributed by atoms with Crippen LogP contribution in [0.25, 0.3) is 0 Å². The largest absolute Gasteiger partial charge is 0.292 e. The molecule has 1 saturated heterocycles. The van der Waals surface area contributed by atoms with Gasteiger partial charge in [0.25, 0.3) is 23.4 Å². The minimum absolute atomic E-state index is 0.0258. The van der Waals surface area contributed by atoms with Crippen LogP contribution in [0, 0.1) is 40.7 Å². The lowest BCUT2D eigenvalue weighted by molar-refractivity contribution is -0.384. The fraction of sp³-hybridized carbons (Fsp3) is 0.308. The van der Waals surface area contributed by atoms with Crippen molar-refractivity contribution in [1.29, 1.82) is 0 Å². The Morgan fingerprint density at radius 3 is 1.97 bits per heavy atom. The molecule has 178 valence electrons. The minimum atomic E-state index is -1.17. The molecular weight excluding hydrogens is 450 g/mol. The van der Waals surface area contributed by atoms with E-state index in [1.165, 1.54) is 31.2 Å². The lowest BCUT2D eigenvalue weighted by Gasteiger charge is -2.35. The lowest BCUT2D eigenvalue weighted by atomic mass is 9.85. The fourth-order valence-corrected chi connectivity index (χ4v) is 5.47. The first-order valence-electron chi connectivity index (χ1n) is 11.4. The topological polar surface area (TPSA) is 118 Å². The first kappa shape index (κ1) is 22.6. The molecule has 0 aromatic heterocycles. The number of amides is 3. The maximum Gasteiger partial charge on any atom is 0.273 e. The van der Waals surface area contributed by atoms with Gasteiger partial charge >= 0.3 is 0 Å². The van der Waals surface area contributed by atoms with Gasteiger partial charge in [0.2, 0.25) is 0 Å². The molecule has 35 heavy (non-hydrogen) atoms. The normalized spacial score (nSPS) is 25.0. The van der Waals surface area contributed by atoms with Crippen LogP contribution in [0.3, 0.4) is 0 Å². The molecule has 5 atom stereocenters. The Labute approximate surface area is 201 Å². The summed E-state index contributed by atoms with van der Waals surface area (Å²) in [6.07, 6.45) is 4.63. The molecule has 0 unspecified atom stereocenters. The summed E-state index contributed by atoms with van der Waals surface area (Å²) in [5, 5.41) is 12.8. The third-order valence-electron chi connectivity index (χ3n) is 7.28. The van der Waals surface area contributed by atoms with Gasteiger partial charge in [-0.3, -0.25) is 29.3 Å². The number of nitrogens with zero attached hydrogens (tertiary/aromatic N) is 3. The zero-order valence-electron chi connectivity index (χ0n) is 19.2. The van der Waals surface area contributed by atoms with Crippen LogP contribution in [0.4, 0.5) is 5.69 Å². The number of allylic oxidation sites excluding steroid dienone is 2. The molecule has 9 heteroatoms. The molecule has 3 amide bonds. The van der Waals surface area contributed by atoms with Gasteiger partial charge in [-0.15, -0.1) is 0 Å². The molecule has 9 nitrogen and oxygen atoms in total. The summed E-state index contributed by atoms with van der Waals surface area (Å²) in [6, 6.07) is 10.5. The van der Waals surface area contributed by atoms with Crippen LogP contribution < -0.4 is 0 Å². The Morgan fingerprint density at radius 1 is 0.943 bits per heavy atom. The van der Waals surface area contributed by atoms with Crippen LogP contribution in [0.5, 0.6) is 0 Å². The highest BCUT2D eigenvalue weighted by Gasteiger charge is 2.61. The van der Waals surface area contributed by atoms with Crippen molar-refractivity contribution in [2.24, 2.45) is 23.7 Å². The number of nitro benzene ring substituents is 1. The maximum atomic E-state index is 13.7. The first-order valence-corrected chi connectivity index (χ1v) is 11.4. The first-order chi connectivity index (χ1) is 16.7. The number of imide groups is 1. The van der Waals surface area contributed by atoms with Crippen LogP contribution in [-0.4, -0.2) is 44.5 Å². The minimum Gasteiger partial charge on any atom is -0.292 e. The van der Waals surface area contributed by atoms with Crippen LogP contribution >= 0.6 is 0 Å². The number of benzene rings is 2. The summed E-state index contributed by atoms with van der Waals surface area (Å²) >= 11 is 0. The molecule has 0 radical (unpaired) electrons. The molecule has 1 aliphatic heterocycles. The van der Waals surface area contributed by atoms with Gasteiger partial charge in [0.05, 0.1) is 16.8 Å². The second-order valence-electron chi connectivity index (χ2n) is 9.35. The van der Waals surface area contributed by atoms with E-state index in [0.29, 0.717) is 5.56 Å². The average molecular weight is 473 g/mol. The van der Waals surface area contributed by atoms with E-state index in [1.54, 1.807) is 24.3 Å². The molecule has 1 saturated carbocycles. The predicted octanol–water partition coefficient (Wildman–Crippen LogP) is 3.34. The molecule has 5 rings (SSSR count). The standard InChI is InChI=1S/C26H23N3O6/c1-14-3-5-16(6-4-14)23(30)15(2)27(24(31)17-9-11-20(12-10-17)29(34)35)28-25(32)21-18-7-8-19(13-18)22(21)26(28)33/h3-12,15,18-19,21-22H,13H2,1-2H3/t15-,18+,19+,21-,22+/m1/s1. The Kier molecular flexibility index (Phi) is 5.35. The number of carbonyl (C=O) groups is 4. The highest BCUT2D eigenvalue weighted by Crippen LogP contribution is 2.53. The molecule has 3 aliphatic rings. The van der Waals surface area contributed by atoms with Crippen molar-refractivity contribution >= 4 is 29.2 Å².